The zero-order valence-corrected chi connectivity index (χ0v) is 10.7. The lowest BCUT2D eigenvalue weighted by Gasteiger charge is -2.24. The van der Waals surface area contributed by atoms with Crippen molar-refractivity contribution in [2.75, 3.05) is 13.7 Å². The van der Waals surface area contributed by atoms with Gasteiger partial charge in [0.2, 0.25) is 0 Å². The summed E-state index contributed by atoms with van der Waals surface area (Å²) in [5, 5.41) is 0. The number of carbonyl (C=O) groups is 1. The van der Waals surface area contributed by atoms with Crippen molar-refractivity contribution < 1.29 is 9.53 Å². The first-order valence-electron chi connectivity index (χ1n) is 6.70. The van der Waals surface area contributed by atoms with Crippen LogP contribution in [0.2, 0.25) is 0 Å². The van der Waals surface area contributed by atoms with Gasteiger partial charge in [0.1, 0.15) is 0 Å². The molecule has 1 aromatic rings. The molecule has 0 bridgehead atoms. The van der Waals surface area contributed by atoms with E-state index in [0.29, 0.717) is 12.1 Å². The van der Waals surface area contributed by atoms with Crippen molar-refractivity contribution in [2.45, 2.75) is 31.3 Å². The Morgan fingerprint density at radius 3 is 2.83 bits per heavy atom. The van der Waals surface area contributed by atoms with E-state index in [9.17, 15) is 4.79 Å². The Morgan fingerprint density at radius 1 is 1.33 bits per heavy atom. The molecular weight excluding hydrogens is 226 g/mol. The second-order valence-corrected chi connectivity index (χ2v) is 5.24. The number of hydrogen-bond donors (Lipinski definition) is 0. The van der Waals surface area contributed by atoms with Crippen LogP contribution >= 0.6 is 0 Å². The Balaban J connectivity index is 1.87. The highest BCUT2D eigenvalue weighted by molar-refractivity contribution is 5.74. The molecule has 0 unspecified atom stereocenters. The van der Waals surface area contributed by atoms with Crippen molar-refractivity contribution >= 4 is 5.97 Å². The molecule has 2 heterocycles. The van der Waals surface area contributed by atoms with Crippen LogP contribution in [0, 0.1) is 5.92 Å². The topological polar surface area (TPSA) is 29.5 Å². The Kier molecular flexibility index (Phi) is 3.08. The molecule has 0 amide bonds. The monoisotopic (exact) mass is 245 g/mol. The van der Waals surface area contributed by atoms with Crippen molar-refractivity contribution in [2.24, 2.45) is 5.92 Å². The van der Waals surface area contributed by atoms with Gasteiger partial charge in [-0.15, -0.1) is 0 Å². The van der Waals surface area contributed by atoms with Crippen LogP contribution in [0.5, 0.6) is 0 Å². The zero-order chi connectivity index (χ0) is 12.5. The lowest BCUT2D eigenvalue weighted by molar-refractivity contribution is -0.146. The Bertz CT molecular complexity index is 431. The van der Waals surface area contributed by atoms with Crippen molar-refractivity contribution in [3.05, 3.63) is 35.9 Å². The van der Waals surface area contributed by atoms with Gasteiger partial charge in [0.05, 0.1) is 13.0 Å². The molecule has 0 spiro atoms. The lowest BCUT2D eigenvalue weighted by atomic mass is 9.94. The molecule has 0 N–H and O–H groups in total. The molecule has 3 nitrogen and oxygen atoms in total. The SMILES string of the molecule is COC(=O)[C@H]1C[C@@H](c2ccccc2)N2CCC[C@H]12. The van der Waals surface area contributed by atoms with Crippen molar-refractivity contribution in [1.29, 1.82) is 0 Å². The van der Waals surface area contributed by atoms with E-state index >= 15 is 0 Å². The average molecular weight is 245 g/mol. The Hall–Kier alpha value is -1.35. The van der Waals surface area contributed by atoms with E-state index in [2.05, 4.69) is 29.2 Å². The number of benzene rings is 1. The highest BCUT2D eigenvalue weighted by Crippen LogP contribution is 2.45. The van der Waals surface area contributed by atoms with Gasteiger partial charge in [-0.1, -0.05) is 30.3 Å². The molecule has 2 aliphatic heterocycles. The fourth-order valence-electron chi connectivity index (χ4n) is 3.57. The van der Waals surface area contributed by atoms with E-state index in [4.69, 9.17) is 4.74 Å². The van der Waals surface area contributed by atoms with E-state index in [1.807, 2.05) is 6.07 Å². The van der Waals surface area contributed by atoms with Crippen LogP contribution < -0.4 is 0 Å². The summed E-state index contributed by atoms with van der Waals surface area (Å²) in [5.74, 6) is 0.0213. The molecule has 0 radical (unpaired) electrons. The third kappa shape index (κ3) is 1.83. The van der Waals surface area contributed by atoms with Crippen LogP contribution in [0.4, 0.5) is 0 Å². The summed E-state index contributed by atoms with van der Waals surface area (Å²) >= 11 is 0. The molecule has 0 aliphatic carbocycles. The van der Waals surface area contributed by atoms with Gasteiger partial charge in [-0.05, 0) is 31.4 Å². The minimum Gasteiger partial charge on any atom is -0.469 e. The minimum absolute atomic E-state index is 0.0367. The zero-order valence-electron chi connectivity index (χ0n) is 10.7. The van der Waals surface area contributed by atoms with E-state index in [1.165, 1.54) is 19.1 Å². The molecule has 2 saturated heterocycles. The second kappa shape index (κ2) is 4.73. The highest BCUT2D eigenvalue weighted by atomic mass is 16.5. The summed E-state index contributed by atoms with van der Waals surface area (Å²) in [6, 6.07) is 11.3. The molecule has 96 valence electrons. The number of rotatable bonds is 2. The molecule has 3 rings (SSSR count). The predicted molar refractivity (Wildman–Crippen MR) is 69.0 cm³/mol. The van der Waals surface area contributed by atoms with Gasteiger partial charge in [0, 0.05) is 12.1 Å². The number of nitrogens with zero attached hydrogens (tertiary/aromatic N) is 1. The maximum atomic E-state index is 11.9. The number of ether oxygens (including phenoxy) is 1. The molecule has 0 saturated carbocycles. The summed E-state index contributed by atoms with van der Waals surface area (Å²) < 4.78 is 4.96. The van der Waals surface area contributed by atoms with Gasteiger partial charge in [-0.3, -0.25) is 9.69 Å². The van der Waals surface area contributed by atoms with Crippen LogP contribution in [0.1, 0.15) is 30.9 Å². The normalized spacial score (nSPS) is 31.3. The van der Waals surface area contributed by atoms with Gasteiger partial charge < -0.3 is 4.74 Å². The van der Waals surface area contributed by atoms with Crippen LogP contribution in [0.3, 0.4) is 0 Å². The molecule has 3 heteroatoms. The molecule has 2 fully saturated rings. The van der Waals surface area contributed by atoms with Crippen LogP contribution in [-0.2, 0) is 9.53 Å². The summed E-state index contributed by atoms with van der Waals surface area (Å²) in [6.07, 6.45) is 3.23. The van der Waals surface area contributed by atoms with E-state index in [-0.39, 0.29) is 11.9 Å². The van der Waals surface area contributed by atoms with E-state index in [1.54, 1.807) is 0 Å². The largest absolute Gasteiger partial charge is 0.469 e. The van der Waals surface area contributed by atoms with Gasteiger partial charge in [-0.25, -0.2) is 0 Å². The molecular formula is C15H19NO2. The third-order valence-corrected chi connectivity index (χ3v) is 4.37. The van der Waals surface area contributed by atoms with E-state index < -0.39 is 0 Å². The highest BCUT2D eigenvalue weighted by Gasteiger charge is 2.47. The maximum absolute atomic E-state index is 11.9. The molecule has 1 aromatic carbocycles. The maximum Gasteiger partial charge on any atom is 0.310 e. The predicted octanol–water partition coefficient (Wildman–Crippen LogP) is 2.39. The van der Waals surface area contributed by atoms with E-state index in [0.717, 1.165) is 19.4 Å². The molecule has 18 heavy (non-hydrogen) atoms. The summed E-state index contributed by atoms with van der Waals surface area (Å²) in [5.41, 5.74) is 1.33. The first kappa shape index (κ1) is 11.7. The number of carbonyl (C=O) groups excluding carboxylic acids is 1. The fraction of sp³-hybridized carbons (Fsp3) is 0.533. The molecule has 3 atom stereocenters. The molecule has 0 aromatic heterocycles. The molecule has 2 aliphatic rings. The Labute approximate surface area is 108 Å². The Morgan fingerprint density at radius 2 is 2.11 bits per heavy atom. The number of methoxy groups -OCH3 is 1. The second-order valence-electron chi connectivity index (χ2n) is 5.24. The van der Waals surface area contributed by atoms with Crippen molar-refractivity contribution in [3.8, 4) is 0 Å². The fourth-order valence-corrected chi connectivity index (χ4v) is 3.57. The summed E-state index contributed by atoms with van der Waals surface area (Å²) in [4.78, 5) is 14.4. The lowest BCUT2D eigenvalue weighted by Crippen LogP contribution is -2.31. The number of hydrogen-bond acceptors (Lipinski definition) is 3. The first-order valence-corrected chi connectivity index (χ1v) is 6.70. The number of esters is 1. The smallest absolute Gasteiger partial charge is 0.310 e. The van der Waals surface area contributed by atoms with Crippen LogP contribution in [-0.4, -0.2) is 30.6 Å². The van der Waals surface area contributed by atoms with Crippen LogP contribution in [0.25, 0.3) is 0 Å². The average Bonchev–Trinajstić information content (AvgIpc) is 3.00. The van der Waals surface area contributed by atoms with Crippen LogP contribution in [0.15, 0.2) is 30.3 Å². The van der Waals surface area contributed by atoms with Gasteiger partial charge in [0.15, 0.2) is 0 Å². The number of fused-ring (bicyclic) bond motifs is 1. The van der Waals surface area contributed by atoms with Crippen molar-refractivity contribution in [3.63, 3.8) is 0 Å². The van der Waals surface area contributed by atoms with Crippen molar-refractivity contribution in [1.82, 2.24) is 4.90 Å². The summed E-state index contributed by atoms with van der Waals surface area (Å²) in [7, 11) is 1.50. The van der Waals surface area contributed by atoms with Gasteiger partial charge in [0.25, 0.3) is 0 Å². The minimum atomic E-state index is -0.0367. The van der Waals surface area contributed by atoms with Gasteiger partial charge >= 0.3 is 5.97 Å². The summed E-state index contributed by atoms with van der Waals surface area (Å²) in [6.45, 7) is 1.11. The standard InChI is InChI=1S/C15H19NO2/c1-18-15(17)12-10-14(11-6-3-2-4-7-11)16-9-5-8-13(12)16/h2-4,6-7,12-14H,5,8-10H2,1H3/t12-,13+,14-/m0/s1. The first-order chi connectivity index (χ1) is 8.81. The quantitative estimate of drug-likeness (QED) is 0.749. The third-order valence-electron chi connectivity index (χ3n) is 4.37. The van der Waals surface area contributed by atoms with Gasteiger partial charge in [-0.2, -0.15) is 0 Å².